The van der Waals surface area contributed by atoms with Crippen LogP contribution >= 0.6 is 11.6 Å². The minimum Gasteiger partial charge on any atom is -0.379 e. The Labute approximate surface area is 213 Å². The second kappa shape index (κ2) is 10.9. The molecular formula is C27H27ClFN5O2. The Morgan fingerprint density at radius 3 is 2.67 bits per heavy atom. The predicted molar refractivity (Wildman–Crippen MR) is 141 cm³/mol. The average molecular weight is 508 g/mol. The number of nitrogens with one attached hydrogen (secondary N) is 2. The van der Waals surface area contributed by atoms with Gasteiger partial charge in [-0.2, -0.15) is 0 Å². The Kier molecular flexibility index (Phi) is 7.64. The molecule has 0 radical (unpaired) electrons. The summed E-state index contributed by atoms with van der Waals surface area (Å²) in [7, 11) is 1.57. The summed E-state index contributed by atoms with van der Waals surface area (Å²) in [6, 6.07) is 11.8. The van der Waals surface area contributed by atoms with Crippen LogP contribution in [0.3, 0.4) is 0 Å². The van der Waals surface area contributed by atoms with Crippen molar-refractivity contribution in [3.63, 3.8) is 0 Å². The van der Waals surface area contributed by atoms with E-state index in [2.05, 4.69) is 20.6 Å². The molecule has 2 heterocycles. The smallest absolute Gasteiger partial charge is 0.261 e. The lowest BCUT2D eigenvalue weighted by atomic mass is 10.0. The van der Waals surface area contributed by atoms with E-state index in [0.29, 0.717) is 22.5 Å². The molecule has 2 aromatic heterocycles. The zero-order chi connectivity index (χ0) is 25.8. The summed E-state index contributed by atoms with van der Waals surface area (Å²) in [5.41, 5.74) is 4.50. The van der Waals surface area contributed by atoms with Crippen LogP contribution < -0.4 is 16.2 Å². The molecule has 0 unspecified atom stereocenters. The molecule has 0 fully saturated rings. The van der Waals surface area contributed by atoms with Crippen molar-refractivity contribution >= 4 is 34.1 Å². The molecule has 186 valence electrons. The van der Waals surface area contributed by atoms with E-state index in [4.69, 9.17) is 11.6 Å². The van der Waals surface area contributed by atoms with Crippen LogP contribution in [0, 0.1) is 11.7 Å². The number of rotatable bonds is 8. The number of aryl methyl sites for hydroxylation is 1. The van der Waals surface area contributed by atoms with Crippen LogP contribution in [0.5, 0.6) is 0 Å². The summed E-state index contributed by atoms with van der Waals surface area (Å²) >= 11 is 6.18. The van der Waals surface area contributed by atoms with E-state index in [0.717, 1.165) is 34.5 Å². The second-order valence-electron chi connectivity index (χ2n) is 8.61. The van der Waals surface area contributed by atoms with Crippen molar-refractivity contribution in [2.75, 3.05) is 12.4 Å². The summed E-state index contributed by atoms with van der Waals surface area (Å²) in [5.74, 6) is -0.890. The summed E-state index contributed by atoms with van der Waals surface area (Å²) in [4.78, 5) is 34.1. The highest BCUT2D eigenvalue weighted by Gasteiger charge is 2.15. The van der Waals surface area contributed by atoms with Crippen LogP contribution in [0.1, 0.15) is 25.1 Å². The Morgan fingerprint density at radius 2 is 1.94 bits per heavy atom. The molecule has 36 heavy (non-hydrogen) atoms. The number of amides is 1. The molecule has 0 aliphatic heterocycles. The Morgan fingerprint density at radius 1 is 1.14 bits per heavy atom. The maximum absolute atomic E-state index is 13.4. The van der Waals surface area contributed by atoms with Gasteiger partial charge in [-0.1, -0.05) is 37.6 Å². The summed E-state index contributed by atoms with van der Waals surface area (Å²) in [6.45, 7) is 4.42. The van der Waals surface area contributed by atoms with Gasteiger partial charge in [0, 0.05) is 36.9 Å². The third-order valence-corrected chi connectivity index (χ3v) is 6.46. The molecule has 0 spiro atoms. The summed E-state index contributed by atoms with van der Waals surface area (Å²) in [6.07, 6.45) is 3.97. The average Bonchev–Trinajstić information content (AvgIpc) is 2.89. The molecule has 0 saturated carbocycles. The molecule has 7 nitrogen and oxygen atoms in total. The van der Waals surface area contributed by atoms with Crippen molar-refractivity contribution in [3.8, 4) is 11.1 Å². The van der Waals surface area contributed by atoms with Gasteiger partial charge in [0.2, 0.25) is 5.91 Å². The van der Waals surface area contributed by atoms with Crippen molar-refractivity contribution in [1.29, 1.82) is 0 Å². The fraction of sp³-hybridized carbons (Fsp3) is 0.259. The number of fused-ring (bicyclic) bond motifs is 1. The van der Waals surface area contributed by atoms with Crippen molar-refractivity contribution < 1.29 is 9.18 Å². The standard InChI is InChI=1S/C27H27ClFN5O2/c1-4-23-25(32-12-18-5-7-20(29)11-22(18)28)10-19(13-31-23)17-6-8-24-21(9-17)27(36)34(15-33-24)14-16(2)26(35)30-3/h5-11,13,15-16,32H,4,12,14H2,1-3H3,(H,30,35)/t16-/m1/s1. The maximum atomic E-state index is 13.4. The highest BCUT2D eigenvalue weighted by molar-refractivity contribution is 6.31. The largest absolute Gasteiger partial charge is 0.379 e. The Hall–Kier alpha value is -3.78. The fourth-order valence-corrected chi connectivity index (χ4v) is 4.27. The first kappa shape index (κ1) is 25.3. The number of aromatic nitrogens is 3. The third-order valence-electron chi connectivity index (χ3n) is 6.11. The molecule has 0 bridgehead atoms. The Bertz CT molecular complexity index is 1490. The van der Waals surface area contributed by atoms with E-state index >= 15 is 0 Å². The molecule has 4 aromatic rings. The molecule has 9 heteroatoms. The molecule has 1 amide bonds. The minimum atomic E-state index is -0.380. The number of nitrogens with zero attached hydrogens (tertiary/aromatic N) is 3. The van der Waals surface area contributed by atoms with Gasteiger partial charge in [0.15, 0.2) is 0 Å². The number of benzene rings is 2. The first-order valence-electron chi connectivity index (χ1n) is 11.7. The normalized spacial score (nSPS) is 11.9. The third kappa shape index (κ3) is 5.39. The molecule has 0 aliphatic carbocycles. The highest BCUT2D eigenvalue weighted by atomic mass is 35.5. The molecule has 0 aliphatic rings. The molecule has 2 aromatic carbocycles. The van der Waals surface area contributed by atoms with Crippen LogP contribution in [0.2, 0.25) is 5.02 Å². The molecule has 2 N–H and O–H groups in total. The first-order chi connectivity index (χ1) is 17.3. The quantitative estimate of drug-likeness (QED) is 0.357. The van der Waals surface area contributed by atoms with Crippen LogP contribution in [0.4, 0.5) is 10.1 Å². The highest BCUT2D eigenvalue weighted by Crippen LogP contribution is 2.27. The summed E-state index contributed by atoms with van der Waals surface area (Å²) < 4.78 is 14.8. The zero-order valence-corrected chi connectivity index (χ0v) is 21.1. The number of carbonyl (C=O) groups is 1. The number of carbonyl (C=O) groups excluding carboxylic acids is 1. The van der Waals surface area contributed by atoms with Crippen LogP contribution in [0.25, 0.3) is 22.0 Å². The van der Waals surface area contributed by atoms with Crippen LogP contribution in [-0.2, 0) is 24.3 Å². The number of hydrogen-bond acceptors (Lipinski definition) is 5. The number of hydrogen-bond donors (Lipinski definition) is 2. The SMILES string of the molecule is CCc1ncc(-c2ccc3ncn(C[C@@H](C)C(=O)NC)c(=O)c3c2)cc1NCc1ccc(F)cc1Cl. The lowest BCUT2D eigenvalue weighted by Crippen LogP contribution is -2.32. The van der Waals surface area contributed by atoms with Crippen LogP contribution in [0.15, 0.2) is 59.8 Å². The van der Waals surface area contributed by atoms with E-state index < -0.39 is 0 Å². The van der Waals surface area contributed by atoms with Gasteiger partial charge in [0.05, 0.1) is 34.5 Å². The lowest BCUT2D eigenvalue weighted by Gasteiger charge is -2.14. The van der Waals surface area contributed by atoms with E-state index in [-0.39, 0.29) is 29.7 Å². The monoisotopic (exact) mass is 507 g/mol. The van der Waals surface area contributed by atoms with Gasteiger partial charge in [0.25, 0.3) is 5.56 Å². The van der Waals surface area contributed by atoms with Gasteiger partial charge in [0.1, 0.15) is 5.82 Å². The zero-order valence-electron chi connectivity index (χ0n) is 20.3. The van der Waals surface area contributed by atoms with E-state index in [9.17, 15) is 14.0 Å². The topological polar surface area (TPSA) is 88.9 Å². The lowest BCUT2D eigenvalue weighted by molar-refractivity contribution is -0.124. The van der Waals surface area contributed by atoms with Crippen molar-refractivity contribution in [3.05, 3.63) is 87.4 Å². The molecule has 4 rings (SSSR count). The van der Waals surface area contributed by atoms with E-state index in [1.807, 2.05) is 19.1 Å². The maximum Gasteiger partial charge on any atom is 0.261 e. The number of anilines is 1. The first-order valence-corrected chi connectivity index (χ1v) is 12.1. The van der Waals surface area contributed by atoms with E-state index in [1.54, 1.807) is 38.4 Å². The van der Waals surface area contributed by atoms with E-state index in [1.165, 1.54) is 23.0 Å². The minimum absolute atomic E-state index is 0.139. The van der Waals surface area contributed by atoms with Crippen LogP contribution in [-0.4, -0.2) is 27.5 Å². The second-order valence-corrected chi connectivity index (χ2v) is 9.02. The number of halogens is 2. The predicted octanol–water partition coefficient (Wildman–Crippen LogP) is 4.81. The van der Waals surface area contributed by atoms with Crippen molar-refractivity contribution in [2.45, 2.75) is 33.4 Å². The van der Waals surface area contributed by atoms with Crippen molar-refractivity contribution in [2.24, 2.45) is 5.92 Å². The Balaban J connectivity index is 1.66. The molecular weight excluding hydrogens is 481 g/mol. The molecule has 0 saturated heterocycles. The van der Waals surface area contributed by atoms with Gasteiger partial charge < -0.3 is 10.6 Å². The van der Waals surface area contributed by atoms with Crippen molar-refractivity contribution in [1.82, 2.24) is 19.9 Å². The van der Waals surface area contributed by atoms with Gasteiger partial charge in [-0.25, -0.2) is 9.37 Å². The van der Waals surface area contributed by atoms with Gasteiger partial charge >= 0.3 is 0 Å². The number of pyridine rings is 1. The fourth-order valence-electron chi connectivity index (χ4n) is 4.03. The van der Waals surface area contributed by atoms with Gasteiger partial charge in [-0.3, -0.25) is 19.1 Å². The van der Waals surface area contributed by atoms with Gasteiger partial charge in [-0.05, 0) is 47.9 Å². The van der Waals surface area contributed by atoms with Gasteiger partial charge in [-0.15, -0.1) is 0 Å². The molecule has 1 atom stereocenters. The summed E-state index contributed by atoms with van der Waals surface area (Å²) in [5, 5.41) is 6.78.